The topological polar surface area (TPSA) is 43.4 Å². The van der Waals surface area contributed by atoms with Gasteiger partial charge in [-0.15, -0.1) is 0 Å². The van der Waals surface area contributed by atoms with E-state index in [0.29, 0.717) is 17.0 Å². The Labute approximate surface area is 121 Å². The predicted octanol–water partition coefficient (Wildman–Crippen LogP) is 3.00. The second-order valence-electron chi connectivity index (χ2n) is 4.23. The van der Waals surface area contributed by atoms with E-state index >= 15 is 0 Å². The summed E-state index contributed by atoms with van der Waals surface area (Å²) in [6, 6.07) is 9.71. The Morgan fingerprint density at radius 1 is 1.10 bits per heavy atom. The first-order valence-electron chi connectivity index (χ1n) is 6.37. The molecule has 1 heterocycles. The molecule has 0 amide bonds. The zero-order valence-electron chi connectivity index (χ0n) is 11.7. The zero-order valence-corrected chi connectivity index (χ0v) is 11.7. The molecule has 0 aliphatic heterocycles. The van der Waals surface area contributed by atoms with Crippen molar-refractivity contribution in [1.29, 1.82) is 0 Å². The van der Waals surface area contributed by atoms with Gasteiger partial charge in [0.1, 0.15) is 17.2 Å². The maximum Gasteiger partial charge on any atom is 0.387 e. The largest absolute Gasteiger partial charge is 0.495 e. The van der Waals surface area contributed by atoms with Crippen LogP contribution in [0.5, 0.6) is 11.5 Å². The van der Waals surface area contributed by atoms with Crippen LogP contribution in [0.2, 0.25) is 0 Å². The lowest BCUT2D eigenvalue weighted by atomic mass is 10.0. The summed E-state index contributed by atoms with van der Waals surface area (Å²) < 4.78 is 34.9. The molecule has 2 rings (SSSR count). The van der Waals surface area contributed by atoms with Crippen LogP contribution >= 0.6 is 0 Å². The van der Waals surface area contributed by atoms with Crippen molar-refractivity contribution in [2.75, 3.05) is 14.2 Å². The number of nitrogens with zero attached hydrogens (tertiary/aromatic N) is 1. The van der Waals surface area contributed by atoms with E-state index < -0.39 is 12.7 Å². The summed E-state index contributed by atoms with van der Waals surface area (Å²) in [5.41, 5.74) is 1.17. The Morgan fingerprint density at radius 3 is 2.48 bits per heavy atom. The standard InChI is InChI=1S/C15H16F2N2O2/c1-18-13(14-12(20-2)8-5-9-19-14)10-6-3-4-7-11(10)21-15(16)17/h3-9,13,15,18H,1-2H3. The van der Waals surface area contributed by atoms with Gasteiger partial charge >= 0.3 is 6.61 Å². The fraction of sp³-hybridized carbons (Fsp3) is 0.267. The van der Waals surface area contributed by atoms with Crippen LogP contribution in [0, 0.1) is 0 Å². The SMILES string of the molecule is CNC(c1ccccc1OC(F)F)c1ncccc1OC. The molecule has 1 aromatic carbocycles. The summed E-state index contributed by atoms with van der Waals surface area (Å²) in [5.74, 6) is 0.684. The van der Waals surface area contributed by atoms with Crippen LogP contribution in [-0.4, -0.2) is 25.8 Å². The van der Waals surface area contributed by atoms with Gasteiger partial charge in [-0.1, -0.05) is 18.2 Å². The molecule has 0 saturated carbocycles. The molecule has 0 aliphatic rings. The summed E-state index contributed by atoms with van der Waals surface area (Å²) in [7, 11) is 3.26. The van der Waals surface area contributed by atoms with Gasteiger partial charge in [0.15, 0.2) is 0 Å². The number of benzene rings is 1. The van der Waals surface area contributed by atoms with Crippen LogP contribution in [0.25, 0.3) is 0 Å². The number of halogens is 2. The van der Waals surface area contributed by atoms with Gasteiger partial charge in [-0.2, -0.15) is 8.78 Å². The first-order chi connectivity index (χ1) is 10.2. The van der Waals surface area contributed by atoms with Crippen LogP contribution in [-0.2, 0) is 0 Å². The minimum atomic E-state index is -2.88. The van der Waals surface area contributed by atoms with Crippen LogP contribution in [0.4, 0.5) is 8.78 Å². The highest BCUT2D eigenvalue weighted by atomic mass is 19.3. The van der Waals surface area contributed by atoms with Crippen LogP contribution in [0.15, 0.2) is 42.6 Å². The summed E-state index contributed by atoms with van der Waals surface area (Å²) in [6.07, 6.45) is 1.62. The van der Waals surface area contributed by atoms with Gasteiger partial charge in [0.2, 0.25) is 0 Å². The molecule has 6 heteroatoms. The third-order valence-electron chi connectivity index (χ3n) is 3.03. The van der Waals surface area contributed by atoms with E-state index in [1.807, 2.05) is 0 Å². The first-order valence-corrected chi connectivity index (χ1v) is 6.37. The molecule has 112 valence electrons. The normalized spacial score (nSPS) is 12.2. The van der Waals surface area contributed by atoms with Crippen molar-refractivity contribution in [2.24, 2.45) is 0 Å². The molecule has 4 nitrogen and oxygen atoms in total. The van der Waals surface area contributed by atoms with E-state index in [9.17, 15) is 8.78 Å². The second kappa shape index (κ2) is 6.99. The number of pyridine rings is 1. The quantitative estimate of drug-likeness (QED) is 0.889. The van der Waals surface area contributed by atoms with Gasteiger partial charge in [0.25, 0.3) is 0 Å². The van der Waals surface area contributed by atoms with Crippen molar-refractivity contribution in [1.82, 2.24) is 10.3 Å². The summed E-state index contributed by atoms with van der Waals surface area (Å²) in [4.78, 5) is 4.29. The van der Waals surface area contributed by atoms with Crippen molar-refractivity contribution < 1.29 is 18.3 Å². The first kappa shape index (κ1) is 15.2. The minimum Gasteiger partial charge on any atom is -0.495 e. The summed E-state index contributed by atoms with van der Waals surface area (Å²) in [5, 5.41) is 3.06. The number of aromatic nitrogens is 1. The third kappa shape index (κ3) is 3.46. The van der Waals surface area contributed by atoms with E-state index in [2.05, 4.69) is 15.0 Å². The molecular formula is C15H16F2N2O2. The fourth-order valence-electron chi connectivity index (χ4n) is 2.15. The number of ether oxygens (including phenoxy) is 2. The number of hydrogen-bond donors (Lipinski definition) is 1. The number of rotatable bonds is 6. The molecule has 21 heavy (non-hydrogen) atoms. The Kier molecular flexibility index (Phi) is 5.05. The van der Waals surface area contributed by atoms with Crippen LogP contribution in [0.1, 0.15) is 17.3 Å². The van der Waals surface area contributed by atoms with E-state index in [4.69, 9.17) is 4.74 Å². The molecular weight excluding hydrogens is 278 g/mol. The van der Waals surface area contributed by atoms with E-state index in [0.717, 1.165) is 0 Å². The monoisotopic (exact) mass is 294 g/mol. The van der Waals surface area contributed by atoms with Crippen molar-refractivity contribution in [3.8, 4) is 11.5 Å². The summed E-state index contributed by atoms with van der Waals surface area (Å²) >= 11 is 0. The molecule has 1 aromatic heterocycles. The number of methoxy groups -OCH3 is 1. The second-order valence-corrected chi connectivity index (χ2v) is 4.23. The number of para-hydroxylation sites is 1. The number of nitrogens with one attached hydrogen (secondary N) is 1. The summed E-state index contributed by atoms with van der Waals surface area (Å²) in [6.45, 7) is -2.88. The maximum atomic E-state index is 12.5. The lowest BCUT2D eigenvalue weighted by Crippen LogP contribution is -2.21. The highest BCUT2D eigenvalue weighted by Gasteiger charge is 2.22. The molecule has 2 aromatic rings. The Hall–Kier alpha value is -2.21. The van der Waals surface area contributed by atoms with Crippen molar-refractivity contribution >= 4 is 0 Å². The third-order valence-corrected chi connectivity index (χ3v) is 3.03. The van der Waals surface area contributed by atoms with Crippen molar-refractivity contribution in [2.45, 2.75) is 12.7 Å². The van der Waals surface area contributed by atoms with Gasteiger partial charge in [-0.3, -0.25) is 4.98 Å². The van der Waals surface area contributed by atoms with Gasteiger partial charge < -0.3 is 14.8 Å². The lowest BCUT2D eigenvalue weighted by Gasteiger charge is -2.21. The molecule has 1 unspecified atom stereocenters. The van der Waals surface area contributed by atoms with Gasteiger partial charge in [-0.05, 0) is 25.2 Å². The minimum absolute atomic E-state index is 0.111. The highest BCUT2D eigenvalue weighted by molar-refractivity contribution is 5.43. The Balaban J connectivity index is 2.46. The maximum absolute atomic E-state index is 12.5. The molecule has 0 saturated heterocycles. The van der Waals surface area contributed by atoms with E-state index in [-0.39, 0.29) is 5.75 Å². The molecule has 0 spiro atoms. The van der Waals surface area contributed by atoms with Crippen LogP contribution in [0.3, 0.4) is 0 Å². The van der Waals surface area contributed by atoms with Crippen molar-refractivity contribution in [3.05, 3.63) is 53.9 Å². The highest BCUT2D eigenvalue weighted by Crippen LogP contribution is 2.33. The van der Waals surface area contributed by atoms with Crippen LogP contribution < -0.4 is 14.8 Å². The van der Waals surface area contributed by atoms with Gasteiger partial charge in [0.05, 0.1) is 13.2 Å². The molecule has 0 aliphatic carbocycles. The molecule has 0 bridgehead atoms. The smallest absolute Gasteiger partial charge is 0.387 e. The predicted molar refractivity (Wildman–Crippen MR) is 74.8 cm³/mol. The van der Waals surface area contributed by atoms with Gasteiger partial charge in [0, 0.05) is 11.8 Å². The Morgan fingerprint density at radius 2 is 1.81 bits per heavy atom. The molecule has 1 N–H and O–H groups in total. The average molecular weight is 294 g/mol. The Bertz CT molecular complexity index is 593. The average Bonchev–Trinajstić information content (AvgIpc) is 2.49. The molecule has 0 fully saturated rings. The molecule has 1 atom stereocenters. The van der Waals surface area contributed by atoms with E-state index in [1.54, 1.807) is 43.6 Å². The fourth-order valence-corrected chi connectivity index (χ4v) is 2.15. The lowest BCUT2D eigenvalue weighted by molar-refractivity contribution is -0.0506. The van der Waals surface area contributed by atoms with Gasteiger partial charge in [-0.25, -0.2) is 0 Å². The van der Waals surface area contributed by atoms with E-state index in [1.165, 1.54) is 13.2 Å². The number of alkyl halides is 2. The number of hydrogen-bond acceptors (Lipinski definition) is 4. The van der Waals surface area contributed by atoms with Crippen molar-refractivity contribution in [3.63, 3.8) is 0 Å². The zero-order chi connectivity index (χ0) is 15.2. The molecule has 0 radical (unpaired) electrons.